The molecule has 0 aromatic heterocycles. The molecule has 0 unspecified atom stereocenters. The number of rotatable bonds is 8. The number of nitrogens with two attached hydrogens (primary N) is 1. The molecule has 0 bridgehead atoms. The predicted molar refractivity (Wildman–Crippen MR) is 107 cm³/mol. The molecule has 5 heteroatoms. The Morgan fingerprint density at radius 2 is 1.92 bits per heavy atom. The monoisotopic (exact) mass is 342 g/mol. The summed E-state index contributed by atoms with van der Waals surface area (Å²) < 4.78 is 12.5. The molecule has 0 atom stereocenters. The highest BCUT2D eigenvalue weighted by atomic mass is 19.1. The number of likely N-dealkylation sites (N-methyl/N-ethyl adjacent to an activating group) is 1. The Kier molecular flexibility index (Phi) is 8.45. The van der Waals surface area contributed by atoms with E-state index in [0.29, 0.717) is 18.9 Å². The number of anilines is 1. The number of benzene rings is 1. The van der Waals surface area contributed by atoms with Crippen LogP contribution in [-0.4, -0.2) is 58.7 Å². The Balaban J connectivity index is 3.23. The molecule has 1 aromatic carbocycles. The summed E-state index contributed by atoms with van der Waals surface area (Å²) >= 11 is 0. The van der Waals surface area contributed by atoms with Crippen molar-refractivity contribution in [2.45, 2.75) is 0 Å². The topological polar surface area (TPSA) is 44.9 Å². The highest BCUT2D eigenvalue weighted by Gasteiger charge is 2.11. The van der Waals surface area contributed by atoms with Crippen LogP contribution >= 0.6 is 0 Å². The molecule has 0 spiro atoms. The number of aliphatic imine (C=N–C) groups is 1. The van der Waals surface area contributed by atoms with Crippen LogP contribution in [0.1, 0.15) is 5.56 Å². The van der Waals surface area contributed by atoms with Crippen LogP contribution in [0.4, 0.5) is 10.1 Å². The fourth-order valence-electron chi connectivity index (χ4n) is 2.37. The van der Waals surface area contributed by atoms with Crippen LogP contribution in [0.15, 0.2) is 46.5 Å². The molecule has 134 valence electrons. The molecule has 0 aliphatic heterocycles. The second kappa shape index (κ2) is 10.3. The van der Waals surface area contributed by atoms with Gasteiger partial charge >= 0.3 is 0 Å². The van der Waals surface area contributed by atoms with E-state index < -0.39 is 0 Å². The van der Waals surface area contributed by atoms with E-state index in [9.17, 15) is 4.39 Å². The summed E-state index contributed by atoms with van der Waals surface area (Å²) in [4.78, 5) is 7.98. The van der Waals surface area contributed by atoms with Crippen LogP contribution in [0.3, 0.4) is 0 Å². The number of nitrogens with zero attached hydrogens (tertiary/aromatic N) is 3. The van der Waals surface area contributed by atoms with E-state index >= 15 is 0 Å². The minimum Gasteiger partial charge on any atom is -0.383 e. The van der Waals surface area contributed by atoms with Gasteiger partial charge in [0, 0.05) is 38.4 Å². The molecule has 0 aliphatic rings. The second-order valence-electron chi connectivity index (χ2n) is 5.94. The minimum atomic E-state index is -0.374. The predicted octanol–water partition coefficient (Wildman–Crippen LogP) is 2.58. The van der Waals surface area contributed by atoms with Gasteiger partial charge in [-0.2, -0.15) is 0 Å². The third kappa shape index (κ3) is 6.44. The number of allylic oxidation sites excluding steroid dienone is 1. The number of halogens is 1. The molecular weight excluding hydrogens is 315 g/mol. The van der Waals surface area contributed by atoms with Crippen molar-refractivity contribution in [2.75, 3.05) is 52.9 Å². The normalized spacial score (nSPS) is 13.1. The van der Waals surface area contributed by atoms with Gasteiger partial charge < -0.3 is 15.5 Å². The molecule has 2 N–H and O–H groups in total. The Bertz CT molecular complexity index is 679. The minimum absolute atomic E-state index is 0.374. The standard InChI is InChI=1S/C20H27FN4/c1-6-7-19(20(22)23-2)17(15-24(3)4)14-16-8-10-18(11-9-16)25(5)13-12-21/h1,7-11,14H,12-13,15H2,2-5H3,(H2,22,23)/b17-14+,19-7-. The van der Waals surface area contributed by atoms with Crippen LogP contribution in [0.5, 0.6) is 0 Å². The Hall–Kier alpha value is -2.58. The lowest BCUT2D eigenvalue weighted by molar-refractivity contribution is 0.449. The maximum Gasteiger partial charge on any atom is 0.126 e. The second-order valence-corrected chi connectivity index (χ2v) is 5.94. The highest BCUT2D eigenvalue weighted by Crippen LogP contribution is 2.19. The molecule has 25 heavy (non-hydrogen) atoms. The molecule has 1 aromatic rings. The van der Waals surface area contributed by atoms with Crippen molar-refractivity contribution in [3.05, 3.63) is 47.1 Å². The van der Waals surface area contributed by atoms with E-state index in [4.69, 9.17) is 12.2 Å². The summed E-state index contributed by atoms with van der Waals surface area (Å²) in [5.41, 5.74) is 9.73. The Morgan fingerprint density at radius 3 is 2.40 bits per heavy atom. The van der Waals surface area contributed by atoms with Crippen LogP contribution < -0.4 is 10.6 Å². The zero-order valence-electron chi connectivity index (χ0n) is 15.5. The number of amidine groups is 1. The average molecular weight is 342 g/mol. The molecule has 0 saturated heterocycles. The van der Waals surface area contributed by atoms with Gasteiger partial charge in [-0.1, -0.05) is 18.1 Å². The number of alkyl halides is 1. The van der Waals surface area contributed by atoms with E-state index in [0.717, 1.165) is 22.4 Å². The number of terminal acetylenes is 1. The van der Waals surface area contributed by atoms with Gasteiger partial charge in [-0.05, 0) is 49.5 Å². The fourth-order valence-corrected chi connectivity index (χ4v) is 2.37. The van der Waals surface area contributed by atoms with Gasteiger partial charge in [0.2, 0.25) is 0 Å². The summed E-state index contributed by atoms with van der Waals surface area (Å²) in [7, 11) is 7.47. The first-order valence-electron chi connectivity index (χ1n) is 8.04. The van der Waals surface area contributed by atoms with Gasteiger partial charge in [-0.15, -0.1) is 6.42 Å². The van der Waals surface area contributed by atoms with Crippen LogP contribution in [0.2, 0.25) is 0 Å². The quantitative estimate of drug-likeness (QED) is 0.342. The lowest BCUT2D eigenvalue weighted by Crippen LogP contribution is -2.23. The van der Waals surface area contributed by atoms with Crippen LogP contribution in [0.25, 0.3) is 6.08 Å². The molecule has 0 heterocycles. The van der Waals surface area contributed by atoms with E-state index in [1.165, 1.54) is 0 Å². The van der Waals surface area contributed by atoms with Crippen molar-refractivity contribution < 1.29 is 4.39 Å². The first-order chi connectivity index (χ1) is 11.9. The Labute approximate surface area is 150 Å². The average Bonchev–Trinajstić information content (AvgIpc) is 2.59. The van der Waals surface area contributed by atoms with E-state index in [1.54, 1.807) is 13.1 Å². The van der Waals surface area contributed by atoms with Crippen molar-refractivity contribution in [1.82, 2.24) is 4.90 Å². The molecular formula is C20H27FN4. The summed E-state index contributed by atoms with van der Waals surface area (Å²) in [6.45, 7) is 0.674. The molecule has 1 rings (SSSR count). The number of hydrogen-bond donors (Lipinski definition) is 1. The van der Waals surface area contributed by atoms with Crippen LogP contribution in [-0.2, 0) is 0 Å². The number of hydrogen-bond acceptors (Lipinski definition) is 3. The summed E-state index contributed by atoms with van der Waals surface area (Å²) in [6.07, 6.45) is 9.13. The third-order valence-electron chi connectivity index (χ3n) is 3.67. The summed E-state index contributed by atoms with van der Waals surface area (Å²) in [5.74, 6) is 2.94. The van der Waals surface area contributed by atoms with E-state index in [-0.39, 0.29) is 6.67 Å². The van der Waals surface area contributed by atoms with Gasteiger partial charge in [0.05, 0.1) is 0 Å². The maximum absolute atomic E-state index is 12.5. The van der Waals surface area contributed by atoms with E-state index in [2.05, 4.69) is 10.9 Å². The van der Waals surface area contributed by atoms with Crippen LogP contribution in [0, 0.1) is 12.3 Å². The third-order valence-corrected chi connectivity index (χ3v) is 3.67. The smallest absolute Gasteiger partial charge is 0.126 e. The SMILES string of the molecule is C#C/C=C(C(=C/c1ccc(N(C)CCF)cc1)/CN(C)C)\C(N)=N/C. The lowest BCUT2D eigenvalue weighted by Gasteiger charge is -2.18. The maximum atomic E-state index is 12.5. The molecule has 0 radical (unpaired) electrons. The van der Waals surface area contributed by atoms with Gasteiger partial charge in [0.25, 0.3) is 0 Å². The molecule has 0 saturated carbocycles. The largest absolute Gasteiger partial charge is 0.383 e. The van der Waals surface area contributed by atoms with Crippen molar-refractivity contribution in [1.29, 1.82) is 0 Å². The molecule has 4 nitrogen and oxygen atoms in total. The van der Waals surface area contributed by atoms with Crippen molar-refractivity contribution in [3.63, 3.8) is 0 Å². The summed E-state index contributed by atoms with van der Waals surface area (Å²) in [5, 5.41) is 0. The van der Waals surface area contributed by atoms with Crippen molar-refractivity contribution >= 4 is 17.6 Å². The Morgan fingerprint density at radius 1 is 1.28 bits per heavy atom. The van der Waals surface area contributed by atoms with Gasteiger partial charge in [-0.3, -0.25) is 4.99 Å². The van der Waals surface area contributed by atoms with Crippen molar-refractivity contribution in [3.8, 4) is 12.3 Å². The molecule has 0 aliphatic carbocycles. The fraction of sp³-hybridized carbons (Fsp3) is 0.350. The summed E-state index contributed by atoms with van der Waals surface area (Å²) in [6, 6.07) is 7.92. The highest BCUT2D eigenvalue weighted by molar-refractivity contribution is 6.02. The molecule has 0 amide bonds. The van der Waals surface area contributed by atoms with Crippen molar-refractivity contribution in [2.24, 2.45) is 10.7 Å². The first-order valence-corrected chi connectivity index (χ1v) is 8.04. The lowest BCUT2D eigenvalue weighted by atomic mass is 10.0. The van der Waals surface area contributed by atoms with Gasteiger partial charge in [0.15, 0.2) is 0 Å². The zero-order valence-corrected chi connectivity index (χ0v) is 15.5. The first kappa shape index (κ1) is 20.5. The van der Waals surface area contributed by atoms with Gasteiger partial charge in [0.1, 0.15) is 12.5 Å². The van der Waals surface area contributed by atoms with E-state index in [1.807, 2.05) is 61.3 Å². The zero-order chi connectivity index (χ0) is 18.8. The van der Waals surface area contributed by atoms with Gasteiger partial charge in [-0.25, -0.2) is 4.39 Å². The molecule has 0 fully saturated rings.